The first kappa shape index (κ1) is 27.2. The first-order chi connectivity index (χ1) is 13.4. The molecule has 0 fully saturated rings. The summed E-state index contributed by atoms with van der Waals surface area (Å²) in [5, 5.41) is 8.38. The summed E-state index contributed by atoms with van der Waals surface area (Å²) < 4.78 is 5.28. The molecule has 3 amide bonds. The van der Waals surface area contributed by atoms with Crippen LogP contribution >= 0.6 is 0 Å². The number of nitrogens with one attached hydrogen (secondary N) is 3. The van der Waals surface area contributed by atoms with Crippen LogP contribution in [0.15, 0.2) is 0 Å². The first-order valence-electron chi connectivity index (χ1n) is 10.9. The fourth-order valence-electron chi connectivity index (χ4n) is 2.81. The third-order valence-corrected chi connectivity index (χ3v) is 4.29. The van der Waals surface area contributed by atoms with Gasteiger partial charge in [0.1, 0.15) is 17.7 Å². The normalized spacial score (nSPS) is 13.7. The van der Waals surface area contributed by atoms with Crippen LogP contribution in [-0.4, -0.2) is 42.1 Å². The quantitative estimate of drug-likeness (QED) is 0.424. The summed E-state index contributed by atoms with van der Waals surface area (Å²) in [5.41, 5.74) is -0.652. The number of ether oxygens (including phenoxy) is 1. The second-order valence-corrected chi connectivity index (χ2v) is 9.41. The summed E-state index contributed by atoms with van der Waals surface area (Å²) in [6.07, 6.45) is 4.10. The van der Waals surface area contributed by atoms with Crippen LogP contribution in [0.2, 0.25) is 0 Å². The van der Waals surface area contributed by atoms with Gasteiger partial charge in [0.05, 0.1) is 0 Å². The lowest BCUT2D eigenvalue weighted by Gasteiger charge is -2.27. The van der Waals surface area contributed by atoms with Crippen LogP contribution in [0.3, 0.4) is 0 Å². The highest BCUT2D eigenvalue weighted by Crippen LogP contribution is 2.11. The molecule has 7 nitrogen and oxygen atoms in total. The smallest absolute Gasteiger partial charge is 0.408 e. The van der Waals surface area contributed by atoms with E-state index in [1.54, 1.807) is 20.8 Å². The van der Waals surface area contributed by atoms with Crippen LogP contribution in [-0.2, 0) is 14.3 Å². The molecule has 0 spiro atoms. The van der Waals surface area contributed by atoms with Crippen molar-refractivity contribution in [3.63, 3.8) is 0 Å². The van der Waals surface area contributed by atoms with Gasteiger partial charge in [-0.2, -0.15) is 0 Å². The van der Waals surface area contributed by atoms with E-state index in [1.807, 2.05) is 27.7 Å². The topological polar surface area (TPSA) is 96.5 Å². The Morgan fingerprint density at radius 3 is 2.00 bits per heavy atom. The van der Waals surface area contributed by atoms with Crippen molar-refractivity contribution in [2.75, 3.05) is 6.54 Å². The Balaban J connectivity index is 4.96. The molecule has 0 heterocycles. The van der Waals surface area contributed by atoms with Gasteiger partial charge in [-0.1, -0.05) is 53.9 Å². The number of hydrogen-bond acceptors (Lipinski definition) is 4. The van der Waals surface area contributed by atoms with E-state index in [9.17, 15) is 14.4 Å². The molecule has 7 heteroatoms. The summed E-state index contributed by atoms with van der Waals surface area (Å²) >= 11 is 0. The van der Waals surface area contributed by atoms with Gasteiger partial charge in [-0.15, -0.1) is 0 Å². The van der Waals surface area contributed by atoms with E-state index >= 15 is 0 Å². The molecule has 0 bridgehead atoms. The minimum absolute atomic E-state index is 0.0733. The Morgan fingerprint density at radius 2 is 1.52 bits per heavy atom. The number of hydrogen-bond donors (Lipinski definition) is 3. The van der Waals surface area contributed by atoms with Gasteiger partial charge in [0.15, 0.2) is 0 Å². The zero-order valence-corrected chi connectivity index (χ0v) is 19.7. The summed E-state index contributed by atoms with van der Waals surface area (Å²) in [6.45, 7) is 15.8. The zero-order valence-electron chi connectivity index (χ0n) is 19.7. The fourth-order valence-corrected chi connectivity index (χ4v) is 2.81. The van der Waals surface area contributed by atoms with Crippen LogP contribution in [0.5, 0.6) is 0 Å². The number of amides is 3. The highest BCUT2D eigenvalue weighted by atomic mass is 16.6. The molecule has 170 valence electrons. The molecule has 0 aromatic carbocycles. The van der Waals surface area contributed by atoms with Gasteiger partial charge in [0, 0.05) is 6.54 Å². The highest BCUT2D eigenvalue weighted by molar-refractivity contribution is 5.91. The van der Waals surface area contributed by atoms with Gasteiger partial charge in [-0.3, -0.25) is 9.59 Å². The number of alkyl carbamates (subject to hydrolysis) is 1. The Labute approximate surface area is 177 Å². The standard InChI is InChI=1S/C22H43N3O4/c1-9-10-11-12-13-23-20(27)18(16(4)5)25-19(26)17(14-15(2)3)24-21(28)29-22(6,7)8/h15-18H,9-14H2,1-8H3,(H,23,27)(H,24,28)(H,25,26)/t17-,18-/m0/s1. The maximum Gasteiger partial charge on any atom is 0.408 e. The van der Waals surface area contributed by atoms with Crippen molar-refractivity contribution < 1.29 is 19.1 Å². The van der Waals surface area contributed by atoms with E-state index in [4.69, 9.17) is 4.74 Å². The molecule has 29 heavy (non-hydrogen) atoms. The third-order valence-electron chi connectivity index (χ3n) is 4.29. The molecule has 0 aliphatic carbocycles. The molecule has 0 rings (SSSR count). The predicted molar refractivity (Wildman–Crippen MR) is 117 cm³/mol. The van der Waals surface area contributed by atoms with Gasteiger partial charge in [-0.05, 0) is 45.4 Å². The third kappa shape index (κ3) is 13.1. The lowest BCUT2D eigenvalue weighted by molar-refractivity contribution is -0.131. The van der Waals surface area contributed by atoms with Crippen molar-refractivity contribution in [1.29, 1.82) is 0 Å². The predicted octanol–water partition coefficient (Wildman–Crippen LogP) is 3.76. The lowest BCUT2D eigenvalue weighted by atomic mass is 10.00. The molecule has 0 aliphatic rings. The van der Waals surface area contributed by atoms with Crippen molar-refractivity contribution in [3.8, 4) is 0 Å². The number of rotatable bonds is 12. The highest BCUT2D eigenvalue weighted by Gasteiger charge is 2.30. The van der Waals surface area contributed by atoms with Gasteiger partial charge < -0.3 is 20.7 Å². The molecule has 0 saturated heterocycles. The number of unbranched alkanes of at least 4 members (excludes halogenated alkanes) is 3. The molecule has 3 N–H and O–H groups in total. The maximum atomic E-state index is 12.9. The summed E-state index contributed by atoms with van der Waals surface area (Å²) in [7, 11) is 0. The SMILES string of the molecule is CCCCCCNC(=O)[C@@H](NC(=O)[C@H](CC(C)C)NC(=O)OC(C)(C)C)C(C)C. The molecule has 2 atom stereocenters. The van der Waals surface area contributed by atoms with E-state index in [-0.39, 0.29) is 23.7 Å². The minimum atomic E-state index is -0.761. The Morgan fingerprint density at radius 1 is 0.897 bits per heavy atom. The van der Waals surface area contributed by atoms with Gasteiger partial charge in [-0.25, -0.2) is 4.79 Å². The molecular weight excluding hydrogens is 370 g/mol. The van der Waals surface area contributed by atoms with E-state index in [1.165, 1.54) is 0 Å². The number of carbonyl (C=O) groups is 3. The second kappa shape index (κ2) is 13.4. The van der Waals surface area contributed by atoms with Gasteiger partial charge in [0.25, 0.3) is 0 Å². The first-order valence-corrected chi connectivity index (χ1v) is 10.9. The summed E-state index contributed by atoms with van der Waals surface area (Å²) in [5.74, 6) is -0.448. The van der Waals surface area contributed by atoms with Crippen molar-refractivity contribution in [3.05, 3.63) is 0 Å². The maximum absolute atomic E-state index is 12.9. The van der Waals surface area contributed by atoms with Crippen molar-refractivity contribution in [2.24, 2.45) is 11.8 Å². The monoisotopic (exact) mass is 413 g/mol. The zero-order chi connectivity index (χ0) is 22.6. The van der Waals surface area contributed by atoms with Gasteiger partial charge in [0.2, 0.25) is 11.8 Å². The van der Waals surface area contributed by atoms with Crippen molar-refractivity contribution >= 4 is 17.9 Å². The molecule has 0 aliphatic heterocycles. The molecule has 0 unspecified atom stereocenters. The van der Waals surface area contributed by atoms with Crippen LogP contribution in [0.25, 0.3) is 0 Å². The molecule has 0 radical (unpaired) electrons. The summed E-state index contributed by atoms with van der Waals surface area (Å²) in [6, 6.07) is -1.41. The van der Waals surface area contributed by atoms with Crippen LogP contribution in [0.1, 0.15) is 87.5 Å². The van der Waals surface area contributed by atoms with Crippen molar-refractivity contribution in [2.45, 2.75) is 105 Å². The molecular formula is C22H43N3O4. The Hall–Kier alpha value is -1.79. The van der Waals surface area contributed by atoms with Gasteiger partial charge >= 0.3 is 6.09 Å². The average Bonchev–Trinajstić information content (AvgIpc) is 2.56. The van der Waals surface area contributed by atoms with Crippen molar-refractivity contribution in [1.82, 2.24) is 16.0 Å². The van der Waals surface area contributed by atoms with E-state index in [2.05, 4.69) is 22.9 Å². The average molecular weight is 414 g/mol. The molecule has 0 aromatic heterocycles. The molecule has 0 saturated carbocycles. The van der Waals surface area contributed by atoms with E-state index < -0.39 is 23.8 Å². The number of carbonyl (C=O) groups excluding carboxylic acids is 3. The Kier molecular flexibility index (Phi) is 12.6. The minimum Gasteiger partial charge on any atom is -0.444 e. The fraction of sp³-hybridized carbons (Fsp3) is 0.864. The van der Waals surface area contributed by atoms with Crippen LogP contribution in [0.4, 0.5) is 4.79 Å². The summed E-state index contributed by atoms with van der Waals surface area (Å²) in [4.78, 5) is 37.6. The van der Waals surface area contributed by atoms with E-state index in [0.717, 1.165) is 25.7 Å². The lowest BCUT2D eigenvalue weighted by Crippen LogP contribution is -2.56. The van der Waals surface area contributed by atoms with Crippen LogP contribution in [0, 0.1) is 11.8 Å². The largest absolute Gasteiger partial charge is 0.444 e. The molecule has 0 aromatic rings. The van der Waals surface area contributed by atoms with E-state index in [0.29, 0.717) is 13.0 Å². The Bertz CT molecular complexity index is 513. The van der Waals surface area contributed by atoms with Crippen LogP contribution < -0.4 is 16.0 Å². The second-order valence-electron chi connectivity index (χ2n) is 9.41.